The van der Waals surface area contributed by atoms with Gasteiger partial charge in [0.15, 0.2) is 0 Å². The molecule has 1 aliphatic heterocycles. The van der Waals surface area contributed by atoms with Crippen LogP contribution in [0.2, 0.25) is 5.02 Å². The number of anilines is 3. The van der Waals surface area contributed by atoms with Gasteiger partial charge in [0.2, 0.25) is 0 Å². The van der Waals surface area contributed by atoms with Crippen molar-refractivity contribution in [3.63, 3.8) is 0 Å². The second kappa shape index (κ2) is 11.9. The summed E-state index contributed by atoms with van der Waals surface area (Å²) in [6.07, 6.45) is -0.341. The van der Waals surface area contributed by atoms with Crippen molar-refractivity contribution in [3.05, 3.63) is 76.2 Å². The molecular formula is C28H33ClF3N7O. The van der Waals surface area contributed by atoms with Gasteiger partial charge >= 0.3 is 6.18 Å². The molecule has 0 unspecified atom stereocenters. The number of hydrazine groups is 1. The largest absolute Gasteiger partial charge is 0.416 e. The van der Waals surface area contributed by atoms with Gasteiger partial charge in [0.05, 0.1) is 22.5 Å². The second-order valence-electron chi connectivity index (χ2n) is 10.0. The van der Waals surface area contributed by atoms with Crippen LogP contribution in [0, 0.1) is 6.92 Å². The van der Waals surface area contributed by atoms with Crippen LogP contribution in [0.15, 0.2) is 48.8 Å². The van der Waals surface area contributed by atoms with Crippen LogP contribution >= 0.6 is 11.6 Å². The van der Waals surface area contributed by atoms with E-state index in [4.69, 9.17) is 17.4 Å². The molecule has 2 heterocycles. The molecule has 40 heavy (non-hydrogen) atoms. The molecule has 1 fully saturated rings. The summed E-state index contributed by atoms with van der Waals surface area (Å²) in [7, 11) is 3.83. The monoisotopic (exact) mass is 575 g/mol. The number of carbonyl (C=O) groups is 1. The lowest BCUT2D eigenvalue weighted by Gasteiger charge is -2.25. The summed E-state index contributed by atoms with van der Waals surface area (Å²) in [5.41, 5.74) is 2.87. The fraction of sp³-hybridized carbons (Fsp3) is 0.357. The Morgan fingerprint density at radius 3 is 2.55 bits per heavy atom. The van der Waals surface area contributed by atoms with Crippen molar-refractivity contribution in [2.75, 3.05) is 48.5 Å². The first kappa shape index (κ1) is 29.4. The standard InChI is InChI=1S/C28H33ClF3N7O/c1-18(24-16-34-37(4)19(24)2)17-39(33)26-12-20(6-7-25(26)29)27(40)35-22-13-21(28(30,31)32)14-23(15-22)38-9-5-8-36(3)10-11-38/h6-7,12-17H,5,8-11,33H2,1-4H3,(H,35,40)/b18-17+. The third-order valence-corrected chi connectivity index (χ3v) is 7.39. The Kier molecular flexibility index (Phi) is 8.77. The summed E-state index contributed by atoms with van der Waals surface area (Å²) in [5, 5.41) is 8.48. The molecule has 3 aromatic rings. The average Bonchev–Trinajstić information content (AvgIpc) is 3.08. The predicted octanol–water partition coefficient (Wildman–Crippen LogP) is 5.54. The molecule has 3 N–H and O–H groups in total. The Bertz CT molecular complexity index is 1420. The smallest absolute Gasteiger partial charge is 0.370 e. The summed E-state index contributed by atoms with van der Waals surface area (Å²) in [6.45, 7) is 6.62. The number of alkyl halides is 3. The number of likely N-dealkylation sites (N-methyl/N-ethyl adjacent to an activating group) is 1. The average molecular weight is 576 g/mol. The number of aromatic nitrogens is 2. The Labute approximate surface area is 236 Å². The maximum Gasteiger partial charge on any atom is 0.416 e. The molecule has 0 saturated carbocycles. The molecule has 0 spiro atoms. The molecule has 0 bridgehead atoms. The van der Waals surface area contributed by atoms with Gasteiger partial charge in [-0.3, -0.25) is 14.5 Å². The molecule has 0 radical (unpaired) electrons. The molecule has 0 atom stereocenters. The molecule has 4 rings (SSSR count). The lowest BCUT2D eigenvalue weighted by molar-refractivity contribution is -0.137. The van der Waals surface area contributed by atoms with Gasteiger partial charge in [0, 0.05) is 61.1 Å². The minimum atomic E-state index is -4.57. The zero-order valence-electron chi connectivity index (χ0n) is 22.9. The molecule has 0 aliphatic carbocycles. The maximum absolute atomic E-state index is 13.8. The van der Waals surface area contributed by atoms with Crippen molar-refractivity contribution in [3.8, 4) is 0 Å². The van der Waals surface area contributed by atoms with Gasteiger partial charge in [0.25, 0.3) is 5.91 Å². The van der Waals surface area contributed by atoms with E-state index in [0.29, 0.717) is 29.5 Å². The topological polar surface area (TPSA) is 82.7 Å². The van der Waals surface area contributed by atoms with Crippen molar-refractivity contribution in [1.29, 1.82) is 0 Å². The van der Waals surface area contributed by atoms with Gasteiger partial charge in [-0.25, -0.2) is 5.84 Å². The van der Waals surface area contributed by atoms with Gasteiger partial charge in [-0.15, -0.1) is 0 Å². The van der Waals surface area contributed by atoms with Crippen LogP contribution in [0.4, 0.5) is 30.2 Å². The number of allylic oxidation sites excluding steroid dienone is 1. The first-order valence-corrected chi connectivity index (χ1v) is 13.2. The van der Waals surface area contributed by atoms with Crippen LogP contribution in [0.25, 0.3) is 5.57 Å². The molecule has 12 heteroatoms. The van der Waals surface area contributed by atoms with Crippen LogP contribution in [0.1, 0.15) is 40.5 Å². The fourth-order valence-corrected chi connectivity index (χ4v) is 4.84. The molecule has 1 amide bonds. The Balaban J connectivity index is 1.60. The van der Waals surface area contributed by atoms with Gasteiger partial charge in [0.1, 0.15) is 0 Å². The number of benzene rings is 2. The highest BCUT2D eigenvalue weighted by atomic mass is 35.5. The Morgan fingerprint density at radius 2 is 1.88 bits per heavy atom. The summed E-state index contributed by atoms with van der Waals surface area (Å²) < 4.78 is 43.1. The van der Waals surface area contributed by atoms with Crippen molar-refractivity contribution >= 4 is 40.1 Å². The number of halogens is 4. The van der Waals surface area contributed by atoms with E-state index in [-0.39, 0.29) is 11.3 Å². The van der Waals surface area contributed by atoms with E-state index in [0.717, 1.165) is 48.5 Å². The highest BCUT2D eigenvalue weighted by Crippen LogP contribution is 2.35. The van der Waals surface area contributed by atoms with Gasteiger partial charge in [-0.1, -0.05) is 11.6 Å². The van der Waals surface area contributed by atoms with E-state index in [1.54, 1.807) is 23.1 Å². The van der Waals surface area contributed by atoms with E-state index in [9.17, 15) is 18.0 Å². The summed E-state index contributed by atoms with van der Waals surface area (Å²) in [5.74, 6) is 5.70. The van der Waals surface area contributed by atoms with Crippen LogP contribution < -0.4 is 21.1 Å². The zero-order valence-corrected chi connectivity index (χ0v) is 23.6. The van der Waals surface area contributed by atoms with Gasteiger partial charge in [-0.05, 0) is 75.8 Å². The molecule has 2 aromatic carbocycles. The number of hydrogen-bond donors (Lipinski definition) is 2. The highest BCUT2D eigenvalue weighted by molar-refractivity contribution is 6.33. The van der Waals surface area contributed by atoms with Gasteiger partial charge in [-0.2, -0.15) is 18.3 Å². The minimum absolute atomic E-state index is 0.0522. The number of aryl methyl sites for hydroxylation is 1. The third-order valence-electron chi connectivity index (χ3n) is 7.07. The summed E-state index contributed by atoms with van der Waals surface area (Å²) in [6, 6.07) is 8.17. The number of amides is 1. The lowest BCUT2D eigenvalue weighted by atomic mass is 10.1. The zero-order chi connectivity index (χ0) is 29.2. The maximum atomic E-state index is 13.8. The Morgan fingerprint density at radius 1 is 1.12 bits per heavy atom. The molecular weight excluding hydrogens is 543 g/mol. The van der Waals surface area contributed by atoms with E-state index in [1.807, 2.05) is 32.8 Å². The van der Waals surface area contributed by atoms with Crippen molar-refractivity contribution in [2.24, 2.45) is 12.9 Å². The molecule has 8 nitrogen and oxygen atoms in total. The first-order chi connectivity index (χ1) is 18.8. The number of rotatable bonds is 6. The predicted molar refractivity (Wildman–Crippen MR) is 153 cm³/mol. The number of carbonyl (C=O) groups excluding carboxylic acids is 1. The molecule has 1 saturated heterocycles. The van der Waals surface area contributed by atoms with Crippen LogP contribution in [-0.4, -0.2) is 53.8 Å². The van der Waals surface area contributed by atoms with Crippen LogP contribution in [-0.2, 0) is 13.2 Å². The van der Waals surface area contributed by atoms with E-state index in [1.165, 1.54) is 23.2 Å². The minimum Gasteiger partial charge on any atom is -0.370 e. The summed E-state index contributed by atoms with van der Waals surface area (Å²) >= 11 is 6.39. The van der Waals surface area contributed by atoms with Gasteiger partial charge < -0.3 is 15.1 Å². The van der Waals surface area contributed by atoms with E-state index < -0.39 is 17.6 Å². The number of nitrogens with one attached hydrogen (secondary N) is 1. The Hall–Kier alpha value is -3.54. The molecule has 1 aliphatic rings. The first-order valence-electron chi connectivity index (χ1n) is 12.8. The third kappa shape index (κ3) is 6.78. The highest BCUT2D eigenvalue weighted by Gasteiger charge is 2.32. The van der Waals surface area contributed by atoms with Crippen LogP contribution in [0.5, 0.6) is 0 Å². The van der Waals surface area contributed by atoms with E-state index >= 15 is 0 Å². The van der Waals surface area contributed by atoms with Crippen molar-refractivity contribution < 1.29 is 18.0 Å². The lowest BCUT2D eigenvalue weighted by Crippen LogP contribution is -2.29. The quantitative estimate of drug-likeness (QED) is 0.297. The summed E-state index contributed by atoms with van der Waals surface area (Å²) in [4.78, 5) is 17.3. The van der Waals surface area contributed by atoms with Crippen molar-refractivity contribution in [2.45, 2.75) is 26.4 Å². The van der Waals surface area contributed by atoms with E-state index in [2.05, 4.69) is 15.3 Å². The van der Waals surface area contributed by atoms with Crippen LogP contribution in [0.3, 0.4) is 0 Å². The fourth-order valence-electron chi connectivity index (χ4n) is 4.62. The SMILES string of the molecule is C/C(=C\N(N)c1cc(C(=O)Nc2cc(N3CCCN(C)CC3)cc(C(F)(F)F)c2)ccc1Cl)c1cnn(C)c1C. The van der Waals surface area contributed by atoms with Crippen molar-refractivity contribution in [1.82, 2.24) is 14.7 Å². The number of nitrogens with zero attached hydrogens (tertiary/aromatic N) is 5. The number of nitrogens with two attached hydrogens (primary N) is 1. The second-order valence-corrected chi connectivity index (χ2v) is 10.4. The molecule has 214 valence electrons. The normalized spacial score (nSPS) is 15.2. The molecule has 1 aromatic heterocycles. The number of hydrogen-bond acceptors (Lipinski definition) is 6.